The first-order valence-corrected chi connectivity index (χ1v) is 11.4. The summed E-state index contributed by atoms with van der Waals surface area (Å²) in [4.78, 5) is 27.4. The number of aromatic nitrogens is 3. The minimum Gasteiger partial charge on any atom is -0.325 e. The van der Waals surface area contributed by atoms with E-state index < -0.39 is 0 Å². The number of amides is 1. The maximum Gasteiger partial charge on any atom is 0.346 e. The fraction of sp³-hybridized carbons (Fsp3) is 0.375. The summed E-state index contributed by atoms with van der Waals surface area (Å²) >= 11 is 5.98. The summed E-state index contributed by atoms with van der Waals surface area (Å²) in [7, 11) is 0. The first-order valence-electron chi connectivity index (χ1n) is 11.0. The molecule has 4 rings (SSSR count). The Morgan fingerprint density at radius 2 is 1.88 bits per heavy atom. The van der Waals surface area contributed by atoms with Gasteiger partial charge in [0.25, 0.3) is 0 Å². The number of hydrogen-bond acceptors (Lipinski definition) is 4. The van der Waals surface area contributed by atoms with Gasteiger partial charge in [0, 0.05) is 23.2 Å². The summed E-state index contributed by atoms with van der Waals surface area (Å²) in [6, 6.07) is 17.1. The van der Waals surface area contributed by atoms with E-state index in [0.29, 0.717) is 30.3 Å². The van der Waals surface area contributed by atoms with Crippen LogP contribution in [-0.4, -0.2) is 44.8 Å². The Kier molecular flexibility index (Phi) is 7.07. The van der Waals surface area contributed by atoms with E-state index in [-0.39, 0.29) is 17.5 Å². The van der Waals surface area contributed by atoms with Crippen LogP contribution in [-0.2, 0) is 17.9 Å². The van der Waals surface area contributed by atoms with Crippen LogP contribution in [0.5, 0.6) is 0 Å². The fourth-order valence-corrected chi connectivity index (χ4v) is 4.43. The standard InChI is InChI=1S/C24H28ClN5O2/c1-2-29-23(27-30(24(29)32)16-18-7-4-3-5-8-18)19-11-13-28(14-12-19)17-22(31)26-21-10-6-9-20(25)15-21/h3-10,15,19H,2,11-14,16-17H2,1H3,(H,26,31). The molecule has 0 bridgehead atoms. The minimum absolute atomic E-state index is 0.0525. The van der Waals surface area contributed by atoms with Gasteiger partial charge in [-0.3, -0.25) is 14.3 Å². The fourth-order valence-electron chi connectivity index (χ4n) is 4.24. The Morgan fingerprint density at radius 3 is 2.56 bits per heavy atom. The van der Waals surface area contributed by atoms with Gasteiger partial charge in [0.15, 0.2) is 0 Å². The Balaban J connectivity index is 1.37. The van der Waals surface area contributed by atoms with Gasteiger partial charge < -0.3 is 5.32 Å². The van der Waals surface area contributed by atoms with Crippen LogP contribution in [0.3, 0.4) is 0 Å². The van der Waals surface area contributed by atoms with Gasteiger partial charge in [0.2, 0.25) is 5.91 Å². The van der Waals surface area contributed by atoms with Crippen molar-refractivity contribution in [2.45, 2.75) is 38.8 Å². The van der Waals surface area contributed by atoms with Crippen LogP contribution in [0, 0.1) is 0 Å². The van der Waals surface area contributed by atoms with Gasteiger partial charge in [-0.2, -0.15) is 5.10 Å². The topological polar surface area (TPSA) is 72.2 Å². The van der Waals surface area contributed by atoms with Gasteiger partial charge in [-0.1, -0.05) is 48.0 Å². The third-order valence-electron chi connectivity index (χ3n) is 5.87. The van der Waals surface area contributed by atoms with Gasteiger partial charge in [-0.05, 0) is 56.6 Å². The Morgan fingerprint density at radius 1 is 1.12 bits per heavy atom. The van der Waals surface area contributed by atoms with E-state index in [1.54, 1.807) is 21.4 Å². The average Bonchev–Trinajstić information content (AvgIpc) is 3.10. The molecule has 8 heteroatoms. The average molecular weight is 454 g/mol. The maximum absolute atomic E-state index is 12.9. The normalized spacial score (nSPS) is 15.1. The minimum atomic E-state index is -0.0605. The molecule has 0 atom stereocenters. The van der Waals surface area contributed by atoms with E-state index in [4.69, 9.17) is 16.7 Å². The van der Waals surface area contributed by atoms with E-state index in [9.17, 15) is 9.59 Å². The second-order valence-corrected chi connectivity index (χ2v) is 8.57. The molecule has 168 valence electrons. The molecule has 1 fully saturated rings. The molecule has 0 saturated carbocycles. The SMILES string of the molecule is CCn1c(C2CCN(CC(=O)Nc3cccc(Cl)c3)CC2)nn(Cc2ccccc2)c1=O. The lowest BCUT2D eigenvalue weighted by Crippen LogP contribution is -2.39. The number of halogens is 1. The third-order valence-corrected chi connectivity index (χ3v) is 6.11. The highest BCUT2D eigenvalue weighted by molar-refractivity contribution is 6.30. The number of carbonyl (C=O) groups is 1. The van der Waals surface area contributed by atoms with Crippen molar-refractivity contribution in [2.24, 2.45) is 0 Å². The zero-order valence-electron chi connectivity index (χ0n) is 18.2. The van der Waals surface area contributed by atoms with E-state index in [1.807, 2.05) is 49.4 Å². The van der Waals surface area contributed by atoms with Gasteiger partial charge >= 0.3 is 5.69 Å². The maximum atomic E-state index is 12.9. The van der Waals surface area contributed by atoms with Crippen molar-refractivity contribution in [1.29, 1.82) is 0 Å². The number of piperidine rings is 1. The summed E-state index contributed by atoms with van der Waals surface area (Å²) < 4.78 is 3.36. The van der Waals surface area contributed by atoms with E-state index in [2.05, 4.69) is 10.2 Å². The van der Waals surface area contributed by atoms with Gasteiger partial charge in [-0.15, -0.1) is 0 Å². The molecule has 1 saturated heterocycles. The van der Waals surface area contributed by atoms with Crippen LogP contribution in [0.1, 0.15) is 37.1 Å². The molecule has 1 aliphatic heterocycles. The molecule has 0 radical (unpaired) electrons. The highest BCUT2D eigenvalue weighted by Gasteiger charge is 2.27. The van der Waals surface area contributed by atoms with Crippen molar-refractivity contribution in [2.75, 3.05) is 25.0 Å². The van der Waals surface area contributed by atoms with E-state index in [0.717, 1.165) is 37.3 Å². The second kappa shape index (κ2) is 10.1. The summed E-state index contributed by atoms with van der Waals surface area (Å²) in [5.41, 5.74) is 1.70. The van der Waals surface area contributed by atoms with Crippen molar-refractivity contribution in [3.05, 3.63) is 81.5 Å². The molecule has 0 unspecified atom stereocenters. The van der Waals surface area contributed by atoms with Crippen LogP contribution in [0.2, 0.25) is 5.02 Å². The van der Waals surface area contributed by atoms with Crippen LogP contribution in [0.4, 0.5) is 5.69 Å². The molecule has 3 aromatic rings. The van der Waals surface area contributed by atoms with E-state index >= 15 is 0 Å². The summed E-state index contributed by atoms with van der Waals surface area (Å²) in [6.45, 7) is 4.97. The summed E-state index contributed by atoms with van der Waals surface area (Å²) in [5, 5.41) is 8.20. The Bertz CT molecular complexity index is 1120. The third kappa shape index (κ3) is 5.29. The number of likely N-dealkylation sites (tertiary alicyclic amines) is 1. The molecule has 0 spiro atoms. The highest BCUT2D eigenvalue weighted by atomic mass is 35.5. The molecule has 2 heterocycles. The first kappa shape index (κ1) is 22.3. The number of nitrogens with one attached hydrogen (secondary N) is 1. The highest BCUT2D eigenvalue weighted by Crippen LogP contribution is 2.26. The van der Waals surface area contributed by atoms with Crippen molar-refractivity contribution < 1.29 is 4.79 Å². The zero-order valence-corrected chi connectivity index (χ0v) is 19.0. The van der Waals surface area contributed by atoms with Crippen molar-refractivity contribution in [3.63, 3.8) is 0 Å². The van der Waals surface area contributed by atoms with Crippen LogP contribution in [0.15, 0.2) is 59.4 Å². The molecule has 2 aromatic carbocycles. The molecule has 1 aliphatic rings. The molecular formula is C24H28ClN5O2. The molecule has 7 nitrogen and oxygen atoms in total. The van der Waals surface area contributed by atoms with Crippen molar-refractivity contribution in [3.8, 4) is 0 Å². The van der Waals surface area contributed by atoms with Gasteiger partial charge in [-0.25, -0.2) is 9.48 Å². The smallest absolute Gasteiger partial charge is 0.325 e. The lowest BCUT2D eigenvalue weighted by molar-refractivity contribution is -0.117. The van der Waals surface area contributed by atoms with Crippen LogP contribution < -0.4 is 11.0 Å². The largest absolute Gasteiger partial charge is 0.346 e. The zero-order chi connectivity index (χ0) is 22.5. The van der Waals surface area contributed by atoms with E-state index in [1.165, 1.54) is 0 Å². The summed E-state index contributed by atoms with van der Waals surface area (Å²) in [6.07, 6.45) is 1.73. The summed E-state index contributed by atoms with van der Waals surface area (Å²) in [5.74, 6) is 1.02. The molecule has 0 aliphatic carbocycles. The lowest BCUT2D eigenvalue weighted by Gasteiger charge is -2.30. The predicted octanol–water partition coefficient (Wildman–Crippen LogP) is 3.58. The number of nitrogens with zero attached hydrogens (tertiary/aromatic N) is 4. The van der Waals surface area contributed by atoms with Gasteiger partial charge in [0.05, 0.1) is 13.1 Å². The predicted molar refractivity (Wildman–Crippen MR) is 126 cm³/mol. The van der Waals surface area contributed by atoms with Gasteiger partial charge in [0.1, 0.15) is 5.82 Å². The molecule has 1 N–H and O–H groups in total. The molecule has 1 amide bonds. The molecular weight excluding hydrogens is 426 g/mol. The van der Waals surface area contributed by atoms with Crippen molar-refractivity contribution >= 4 is 23.2 Å². The number of hydrogen-bond donors (Lipinski definition) is 1. The number of rotatable bonds is 7. The second-order valence-electron chi connectivity index (χ2n) is 8.14. The lowest BCUT2D eigenvalue weighted by atomic mass is 9.96. The Labute approximate surface area is 192 Å². The Hall–Kier alpha value is -2.90. The molecule has 1 aromatic heterocycles. The van der Waals surface area contributed by atoms with Crippen molar-refractivity contribution in [1.82, 2.24) is 19.2 Å². The first-order chi connectivity index (χ1) is 15.5. The van der Waals surface area contributed by atoms with Crippen LogP contribution >= 0.6 is 11.6 Å². The number of benzene rings is 2. The molecule has 32 heavy (non-hydrogen) atoms. The van der Waals surface area contributed by atoms with Crippen LogP contribution in [0.25, 0.3) is 0 Å². The number of carbonyl (C=O) groups excluding carboxylic acids is 1. The quantitative estimate of drug-likeness (QED) is 0.593. The number of anilines is 1. The monoisotopic (exact) mass is 453 g/mol.